The summed E-state index contributed by atoms with van der Waals surface area (Å²) in [5.41, 5.74) is 3.84. The minimum atomic E-state index is -0.0366. The van der Waals surface area contributed by atoms with E-state index in [1.165, 1.54) is 0 Å². The lowest BCUT2D eigenvalue weighted by Crippen LogP contribution is -2.23. The molecule has 1 aromatic heterocycles. The summed E-state index contributed by atoms with van der Waals surface area (Å²) >= 11 is 0. The number of hydrogen-bond donors (Lipinski definition) is 1. The van der Waals surface area contributed by atoms with Crippen molar-refractivity contribution in [3.8, 4) is 0 Å². The lowest BCUT2D eigenvalue weighted by atomic mass is 10.1. The number of carbonyl (C=O) groups is 1. The van der Waals surface area contributed by atoms with Gasteiger partial charge in [-0.3, -0.25) is 9.48 Å². The van der Waals surface area contributed by atoms with Crippen molar-refractivity contribution in [2.24, 2.45) is 0 Å². The van der Waals surface area contributed by atoms with Gasteiger partial charge in [-0.25, -0.2) is 0 Å². The first-order valence-corrected chi connectivity index (χ1v) is 6.47. The van der Waals surface area contributed by atoms with Gasteiger partial charge < -0.3 is 5.32 Å². The third-order valence-electron chi connectivity index (χ3n) is 3.10. The van der Waals surface area contributed by atoms with Gasteiger partial charge in [-0.15, -0.1) is 0 Å². The third-order valence-corrected chi connectivity index (χ3v) is 3.10. The molecule has 0 radical (unpaired) electrons. The van der Waals surface area contributed by atoms with Gasteiger partial charge >= 0.3 is 0 Å². The molecule has 4 nitrogen and oxygen atoms in total. The Morgan fingerprint density at radius 2 is 2.16 bits per heavy atom. The highest BCUT2D eigenvalue weighted by Gasteiger charge is 2.09. The monoisotopic (exact) mass is 257 g/mol. The highest BCUT2D eigenvalue weighted by atomic mass is 16.1. The summed E-state index contributed by atoms with van der Waals surface area (Å²) in [6.45, 7) is 7.31. The zero-order chi connectivity index (χ0) is 13.8. The first-order chi connectivity index (χ1) is 9.10. The van der Waals surface area contributed by atoms with E-state index < -0.39 is 0 Å². The summed E-state index contributed by atoms with van der Waals surface area (Å²) in [4.78, 5) is 12.1. The molecule has 100 valence electrons. The van der Waals surface area contributed by atoms with Crippen LogP contribution < -0.4 is 5.32 Å². The van der Waals surface area contributed by atoms with E-state index in [-0.39, 0.29) is 5.91 Å². The van der Waals surface area contributed by atoms with Crippen LogP contribution in [0.5, 0.6) is 0 Å². The lowest BCUT2D eigenvalue weighted by molar-refractivity contribution is 0.0950. The highest BCUT2D eigenvalue weighted by Crippen LogP contribution is 2.10. The Morgan fingerprint density at radius 3 is 2.84 bits per heavy atom. The molecule has 1 aromatic carbocycles. The minimum absolute atomic E-state index is 0.0366. The zero-order valence-corrected chi connectivity index (χ0v) is 11.6. The maximum absolute atomic E-state index is 12.1. The number of aromatic nitrogens is 2. The molecule has 0 saturated carbocycles. The van der Waals surface area contributed by atoms with Gasteiger partial charge in [-0.2, -0.15) is 5.10 Å². The molecule has 1 heterocycles. The molecule has 0 bridgehead atoms. The van der Waals surface area contributed by atoms with E-state index in [0.29, 0.717) is 6.54 Å². The summed E-state index contributed by atoms with van der Waals surface area (Å²) < 4.78 is 1.85. The van der Waals surface area contributed by atoms with Crippen LogP contribution in [0.3, 0.4) is 0 Å². The van der Waals surface area contributed by atoms with Gasteiger partial charge in [0, 0.05) is 30.4 Å². The van der Waals surface area contributed by atoms with Crippen molar-refractivity contribution in [1.29, 1.82) is 0 Å². The van der Waals surface area contributed by atoms with Crippen LogP contribution in [-0.2, 0) is 13.1 Å². The predicted molar refractivity (Wildman–Crippen MR) is 75.0 cm³/mol. The molecule has 0 aliphatic rings. The number of hydrogen-bond acceptors (Lipinski definition) is 2. The van der Waals surface area contributed by atoms with Gasteiger partial charge in [-0.1, -0.05) is 17.7 Å². The largest absolute Gasteiger partial charge is 0.348 e. The van der Waals surface area contributed by atoms with Gasteiger partial charge in [0.05, 0.1) is 6.20 Å². The van der Waals surface area contributed by atoms with Gasteiger partial charge in [-0.05, 0) is 32.4 Å². The molecule has 0 saturated heterocycles. The van der Waals surface area contributed by atoms with E-state index in [0.717, 1.165) is 28.8 Å². The topological polar surface area (TPSA) is 46.9 Å². The number of rotatable bonds is 4. The normalized spacial score (nSPS) is 10.5. The smallest absolute Gasteiger partial charge is 0.251 e. The lowest BCUT2D eigenvalue weighted by Gasteiger charge is -2.07. The molecule has 2 aromatic rings. The number of aryl methyl sites for hydroxylation is 3. The van der Waals surface area contributed by atoms with Crippen molar-refractivity contribution in [1.82, 2.24) is 15.1 Å². The average Bonchev–Trinajstić information content (AvgIpc) is 2.87. The maximum Gasteiger partial charge on any atom is 0.251 e. The first-order valence-electron chi connectivity index (χ1n) is 6.47. The first kappa shape index (κ1) is 13.3. The van der Waals surface area contributed by atoms with Gasteiger partial charge in [0.15, 0.2) is 0 Å². The van der Waals surface area contributed by atoms with E-state index in [2.05, 4.69) is 10.4 Å². The summed E-state index contributed by atoms with van der Waals surface area (Å²) in [6, 6.07) is 5.90. The highest BCUT2D eigenvalue weighted by molar-refractivity contribution is 5.95. The summed E-state index contributed by atoms with van der Waals surface area (Å²) in [7, 11) is 0. The molecule has 0 aliphatic heterocycles. The summed E-state index contributed by atoms with van der Waals surface area (Å²) in [5.74, 6) is -0.0366. The van der Waals surface area contributed by atoms with Crippen LogP contribution >= 0.6 is 0 Å². The number of nitrogens with one attached hydrogen (secondary N) is 1. The summed E-state index contributed by atoms with van der Waals surface area (Å²) in [5, 5.41) is 7.11. The van der Waals surface area contributed by atoms with Gasteiger partial charge in [0.25, 0.3) is 5.91 Å². The van der Waals surface area contributed by atoms with Crippen molar-refractivity contribution in [2.45, 2.75) is 33.9 Å². The number of carbonyl (C=O) groups excluding carboxylic acids is 1. The van der Waals surface area contributed by atoms with Crippen molar-refractivity contribution >= 4 is 5.91 Å². The maximum atomic E-state index is 12.1. The fourth-order valence-corrected chi connectivity index (χ4v) is 1.93. The second-order valence-electron chi connectivity index (χ2n) is 4.71. The number of amides is 1. The van der Waals surface area contributed by atoms with Crippen molar-refractivity contribution in [2.75, 3.05) is 0 Å². The van der Waals surface area contributed by atoms with Crippen molar-refractivity contribution in [3.05, 3.63) is 52.8 Å². The average molecular weight is 257 g/mol. The van der Waals surface area contributed by atoms with E-state index in [4.69, 9.17) is 0 Å². The van der Waals surface area contributed by atoms with Crippen molar-refractivity contribution in [3.63, 3.8) is 0 Å². The SMILES string of the molecule is CCn1cc(CNC(=O)c2cc(C)ccc2C)cn1. The second kappa shape index (κ2) is 5.69. The third kappa shape index (κ3) is 3.22. The molecule has 0 spiro atoms. The molecular weight excluding hydrogens is 238 g/mol. The van der Waals surface area contributed by atoms with Gasteiger partial charge in [0.1, 0.15) is 0 Å². The van der Waals surface area contributed by atoms with Crippen molar-refractivity contribution < 1.29 is 4.79 Å². The Bertz CT molecular complexity index is 587. The quantitative estimate of drug-likeness (QED) is 0.914. The summed E-state index contributed by atoms with van der Waals surface area (Å²) in [6.07, 6.45) is 3.73. The standard InChI is InChI=1S/C15H19N3O/c1-4-18-10-13(9-17-18)8-16-15(19)14-7-11(2)5-6-12(14)3/h5-7,9-10H,4,8H2,1-3H3,(H,16,19). The van der Waals surface area contributed by atoms with Crippen LogP contribution in [-0.4, -0.2) is 15.7 Å². The van der Waals surface area contributed by atoms with E-state index in [1.54, 1.807) is 6.20 Å². The van der Waals surface area contributed by atoms with Crippen LogP contribution in [0.1, 0.15) is 34.0 Å². The molecule has 0 unspecified atom stereocenters. The Morgan fingerprint density at radius 1 is 1.37 bits per heavy atom. The van der Waals surface area contributed by atoms with Crippen LogP contribution in [0.15, 0.2) is 30.6 Å². The van der Waals surface area contributed by atoms with E-state index >= 15 is 0 Å². The van der Waals surface area contributed by atoms with E-state index in [9.17, 15) is 4.79 Å². The molecule has 1 N–H and O–H groups in total. The van der Waals surface area contributed by atoms with Crippen LogP contribution in [0.2, 0.25) is 0 Å². The van der Waals surface area contributed by atoms with E-state index in [1.807, 2.05) is 49.8 Å². The number of benzene rings is 1. The Balaban J connectivity index is 2.03. The molecule has 0 atom stereocenters. The predicted octanol–water partition coefficient (Wildman–Crippen LogP) is 2.45. The Labute approximate surface area is 113 Å². The molecule has 2 rings (SSSR count). The number of nitrogens with zero attached hydrogens (tertiary/aromatic N) is 2. The fourth-order valence-electron chi connectivity index (χ4n) is 1.93. The fraction of sp³-hybridized carbons (Fsp3) is 0.333. The Kier molecular flexibility index (Phi) is 4.00. The second-order valence-corrected chi connectivity index (χ2v) is 4.71. The molecule has 19 heavy (non-hydrogen) atoms. The molecule has 0 fully saturated rings. The minimum Gasteiger partial charge on any atom is -0.348 e. The molecule has 1 amide bonds. The molecular formula is C15H19N3O. The molecule has 0 aliphatic carbocycles. The van der Waals surface area contributed by atoms with Crippen LogP contribution in [0.4, 0.5) is 0 Å². The van der Waals surface area contributed by atoms with Gasteiger partial charge in [0.2, 0.25) is 0 Å². The van der Waals surface area contributed by atoms with Crippen LogP contribution in [0, 0.1) is 13.8 Å². The zero-order valence-electron chi connectivity index (χ0n) is 11.6. The molecule has 4 heteroatoms. The van der Waals surface area contributed by atoms with Crippen LogP contribution in [0.25, 0.3) is 0 Å². The Hall–Kier alpha value is -2.10.